The Morgan fingerprint density at radius 3 is 2.54 bits per heavy atom. The predicted molar refractivity (Wildman–Crippen MR) is 97.1 cm³/mol. The summed E-state index contributed by atoms with van der Waals surface area (Å²) in [6.45, 7) is 2.23. The number of amides is 1. The number of hydrogen-bond acceptors (Lipinski definition) is 7. The Labute approximate surface area is 161 Å². The van der Waals surface area contributed by atoms with Gasteiger partial charge in [0.2, 0.25) is 0 Å². The second-order valence-electron chi connectivity index (χ2n) is 5.75. The zero-order chi connectivity index (χ0) is 20.7. The van der Waals surface area contributed by atoms with Gasteiger partial charge >= 0.3 is 0 Å². The molecule has 9 heteroatoms. The van der Waals surface area contributed by atoms with Gasteiger partial charge in [-0.1, -0.05) is 12.1 Å². The van der Waals surface area contributed by atoms with Crippen LogP contribution in [0.15, 0.2) is 42.5 Å². The third-order valence-corrected chi connectivity index (χ3v) is 3.89. The molecule has 0 aliphatic carbocycles. The van der Waals surface area contributed by atoms with Gasteiger partial charge in [0.1, 0.15) is 0 Å². The van der Waals surface area contributed by atoms with Crippen molar-refractivity contribution in [1.82, 2.24) is 5.32 Å². The van der Waals surface area contributed by atoms with E-state index < -0.39 is 29.3 Å². The van der Waals surface area contributed by atoms with Gasteiger partial charge in [-0.25, -0.2) is 0 Å². The number of non-ortho nitro benzene ring substituents is 1. The summed E-state index contributed by atoms with van der Waals surface area (Å²) in [5, 5.41) is 24.6. The molecule has 9 nitrogen and oxygen atoms in total. The monoisotopic (exact) mass is 387 g/mol. The van der Waals surface area contributed by atoms with E-state index in [2.05, 4.69) is 5.32 Å². The standard InChI is InChI=1S/C19H20N2O7/c1-3-28-16-8-7-12(10-17(16)27-2)15(11-18(22)23)20-19(24)13-5-4-6-14(9-13)21(25)26/h4-10,15H,3,11H2,1-2H3,(H,20,24)(H,22,23)/p-1/t15-/m0/s1. The maximum Gasteiger partial charge on any atom is 0.270 e. The Morgan fingerprint density at radius 2 is 1.93 bits per heavy atom. The molecule has 0 saturated carbocycles. The van der Waals surface area contributed by atoms with Gasteiger partial charge in [-0.3, -0.25) is 14.9 Å². The van der Waals surface area contributed by atoms with Crippen LogP contribution >= 0.6 is 0 Å². The molecule has 0 saturated heterocycles. The number of carboxylic acid groups (broad SMARTS) is 1. The molecule has 0 fully saturated rings. The number of carbonyl (C=O) groups is 2. The average Bonchev–Trinajstić information content (AvgIpc) is 2.67. The highest BCUT2D eigenvalue weighted by Crippen LogP contribution is 2.31. The van der Waals surface area contributed by atoms with E-state index in [0.717, 1.165) is 6.07 Å². The molecule has 1 amide bonds. The largest absolute Gasteiger partial charge is 0.550 e. The van der Waals surface area contributed by atoms with E-state index in [1.165, 1.54) is 25.3 Å². The van der Waals surface area contributed by atoms with Crippen LogP contribution in [0.4, 0.5) is 5.69 Å². The number of benzene rings is 2. The molecule has 0 unspecified atom stereocenters. The first kappa shape index (κ1) is 20.7. The molecule has 0 aliphatic heterocycles. The zero-order valence-corrected chi connectivity index (χ0v) is 15.3. The van der Waals surface area contributed by atoms with Crippen LogP contribution < -0.4 is 19.9 Å². The summed E-state index contributed by atoms with van der Waals surface area (Å²) in [5.74, 6) is -1.15. The predicted octanol–water partition coefficient (Wildman–Crippen LogP) is 1.61. The summed E-state index contributed by atoms with van der Waals surface area (Å²) in [6, 6.07) is 9.00. The van der Waals surface area contributed by atoms with Gasteiger partial charge in [-0.15, -0.1) is 0 Å². The fraction of sp³-hybridized carbons (Fsp3) is 0.263. The van der Waals surface area contributed by atoms with Crippen molar-refractivity contribution in [2.45, 2.75) is 19.4 Å². The number of nitro groups is 1. The molecule has 0 aliphatic rings. The quantitative estimate of drug-likeness (QED) is 0.511. The fourth-order valence-corrected chi connectivity index (χ4v) is 2.60. The normalized spacial score (nSPS) is 11.4. The van der Waals surface area contributed by atoms with Crippen molar-refractivity contribution in [3.8, 4) is 11.5 Å². The van der Waals surface area contributed by atoms with Crippen LogP contribution in [0.2, 0.25) is 0 Å². The average molecular weight is 387 g/mol. The third kappa shape index (κ3) is 5.19. The van der Waals surface area contributed by atoms with Crippen LogP contribution in [0.1, 0.15) is 35.3 Å². The minimum Gasteiger partial charge on any atom is -0.550 e. The molecule has 0 aromatic heterocycles. The summed E-state index contributed by atoms with van der Waals surface area (Å²) < 4.78 is 10.7. The van der Waals surface area contributed by atoms with Crippen molar-refractivity contribution in [3.05, 3.63) is 63.7 Å². The zero-order valence-electron chi connectivity index (χ0n) is 15.3. The number of methoxy groups -OCH3 is 1. The molecule has 2 aromatic rings. The third-order valence-electron chi connectivity index (χ3n) is 3.89. The second-order valence-corrected chi connectivity index (χ2v) is 5.75. The van der Waals surface area contributed by atoms with Gasteiger partial charge in [-0.2, -0.15) is 0 Å². The fourth-order valence-electron chi connectivity index (χ4n) is 2.60. The van der Waals surface area contributed by atoms with Crippen LogP contribution in [0.3, 0.4) is 0 Å². The van der Waals surface area contributed by atoms with Gasteiger partial charge < -0.3 is 24.7 Å². The minimum atomic E-state index is -1.36. The lowest BCUT2D eigenvalue weighted by atomic mass is 10.0. The van der Waals surface area contributed by atoms with E-state index in [1.807, 2.05) is 6.92 Å². The van der Waals surface area contributed by atoms with E-state index >= 15 is 0 Å². The maximum absolute atomic E-state index is 12.5. The summed E-state index contributed by atoms with van der Waals surface area (Å²) in [7, 11) is 1.44. The SMILES string of the molecule is CCOc1ccc([C@H](CC(=O)[O-])NC(=O)c2cccc([N+](=O)[O-])c2)cc1OC. The van der Waals surface area contributed by atoms with Crippen LogP contribution in [-0.4, -0.2) is 30.5 Å². The first-order chi connectivity index (χ1) is 13.3. The van der Waals surface area contributed by atoms with E-state index in [-0.39, 0.29) is 11.3 Å². The topological polar surface area (TPSA) is 131 Å². The summed E-state index contributed by atoms with van der Waals surface area (Å²) >= 11 is 0. The van der Waals surface area contributed by atoms with Gasteiger partial charge in [0.15, 0.2) is 11.5 Å². The van der Waals surface area contributed by atoms with Gasteiger partial charge in [0.25, 0.3) is 11.6 Å². The first-order valence-electron chi connectivity index (χ1n) is 8.41. The van der Waals surface area contributed by atoms with Crippen molar-refractivity contribution in [2.75, 3.05) is 13.7 Å². The van der Waals surface area contributed by atoms with Crippen molar-refractivity contribution >= 4 is 17.6 Å². The number of carboxylic acids is 1. The van der Waals surface area contributed by atoms with E-state index in [4.69, 9.17) is 9.47 Å². The van der Waals surface area contributed by atoms with Crippen molar-refractivity contribution < 1.29 is 29.1 Å². The number of rotatable bonds is 9. The second kappa shape index (κ2) is 9.36. The summed E-state index contributed by atoms with van der Waals surface area (Å²) in [5.41, 5.74) is 0.255. The highest BCUT2D eigenvalue weighted by atomic mass is 16.6. The molecule has 0 radical (unpaired) electrons. The van der Waals surface area contributed by atoms with Gasteiger partial charge in [-0.05, 0) is 30.7 Å². The molecule has 2 aromatic carbocycles. The molecule has 28 heavy (non-hydrogen) atoms. The van der Waals surface area contributed by atoms with Crippen molar-refractivity contribution in [2.24, 2.45) is 0 Å². The molecule has 0 bridgehead atoms. The van der Waals surface area contributed by atoms with Gasteiger partial charge in [0, 0.05) is 30.1 Å². The number of aliphatic carboxylic acids is 1. The van der Waals surface area contributed by atoms with Gasteiger partial charge in [0.05, 0.1) is 24.7 Å². The summed E-state index contributed by atoms with van der Waals surface area (Å²) in [6.07, 6.45) is -0.488. The van der Waals surface area contributed by atoms with E-state index in [9.17, 15) is 24.8 Å². The molecule has 1 N–H and O–H groups in total. The van der Waals surface area contributed by atoms with Crippen LogP contribution in [-0.2, 0) is 4.79 Å². The molecular formula is C19H19N2O7-. The molecule has 148 valence electrons. The molecular weight excluding hydrogens is 368 g/mol. The van der Waals surface area contributed by atoms with Crippen molar-refractivity contribution in [3.63, 3.8) is 0 Å². The minimum absolute atomic E-state index is 0.0375. The van der Waals surface area contributed by atoms with E-state index in [0.29, 0.717) is 23.7 Å². The molecule has 0 spiro atoms. The highest BCUT2D eigenvalue weighted by molar-refractivity contribution is 5.95. The highest BCUT2D eigenvalue weighted by Gasteiger charge is 2.19. The lowest BCUT2D eigenvalue weighted by molar-refractivity contribution is -0.384. The molecule has 2 rings (SSSR count). The molecule has 1 atom stereocenters. The lowest BCUT2D eigenvalue weighted by Crippen LogP contribution is -2.34. The Bertz CT molecular complexity index is 882. The Kier molecular flexibility index (Phi) is 6.91. The first-order valence-corrected chi connectivity index (χ1v) is 8.41. The smallest absolute Gasteiger partial charge is 0.270 e. The Balaban J connectivity index is 2.31. The van der Waals surface area contributed by atoms with Crippen LogP contribution in [0.5, 0.6) is 11.5 Å². The van der Waals surface area contributed by atoms with Crippen molar-refractivity contribution in [1.29, 1.82) is 0 Å². The number of ether oxygens (including phenoxy) is 2. The van der Waals surface area contributed by atoms with Crippen LogP contribution in [0, 0.1) is 10.1 Å². The maximum atomic E-state index is 12.5. The molecule has 0 heterocycles. The Hall–Kier alpha value is -3.62. The number of carbonyl (C=O) groups excluding carboxylic acids is 2. The Morgan fingerprint density at radius 1 is 1.18 bits per heavy atom. The number of nitrogens with zero attached hydrogens (tertiary/aromatic N) is 1. The van der Waals surface area contributed by atoms with E-state index in [1.54, 1.807) is 18.2 Å². The number of nitrogens with one attached hydrogen (secondary N) is 1. The number of nitro benzene ring substituents is 1. The lowest BCUT2D eigenvalue weighted by Gasteiger charge is -2.21. The summed E-state index contributed by atoms with van der Waals surface area (Å²) in [4.78, 5) is 33.9. The number of hydrogen-bond donors (Lipinski definition) is 1. The van der Waals surface area contributed by atoms with Crippen LogP contribution in [0.25, 0.3) is 0 Å².